The van der Waals surface area contributed by atoms with Gasteiger partial charge in [-0.1, -0.05) is 43.7 Å². The lowest BCUT2D eigenvalue weighted by Gasteiger charge is -2.58. The van der Waals surface area contributed by atoms with Gasteiger partial charge in [0.1, 0.15) is 6.10 Å². The van der Waals surface area contributed by atoms with Crippen LogP contribution >= 0.6 is 0 Å². The van der Waals surface area contributed by atoms with Crippen LogP contribution in [0.15, 0.2) is 36.5 Å². The fourth-order valence-corrected chi connectivity index (χ4v) is 5.47. The van der Waals surface area contributed by atoms with Crippen LogP contribution in [0.1, 0.15) is 59.8 Å². The van der Waals surface area contributed by atoms with Gasteiger partial charge in [0.2, 0.25) is 0 Å². The maximum atomic E-state index is 12.1. The zero-order valence-electron chi connectivity index (χ0n) is 16.5. The second kappa shape index (κ2) is 7.42. The average molecular weight is 360 g/mol. The van der Waals surface area contributed by atoms with Crippen LogP contribution in [0.2, 0.25) is 0 Å². The van der Waals surface area contributed by atoms with E-state index in [0.29, 0.717) is 6.42 Å². The molecule has 4 heteroatoms. The lowest BCUT2D eigenvalue weighted by atomic mass is 9.46. The number of carboxylic acid groups (broad SMARTS) is 1. The third kappa shape index (κ3) is 3.51. The number of esters is 1. The third-order valence-electron chi connectivity index (χ3n) is 6.75. The van der Waals surface area contributed by atoms with Crippen LogP contribution < -0.4 is 0 Å². The van der Waals surface area contributed by atoms with E-state index in [1.807, 2.05) is 19.9 Å². The van der Waals surface area contributed by atoms with Crippen molar-refractivity contribution in [3.05, 3.63) is 36.5 Å². The van der Waals surface area contributed by atoms with Gasteiger partial charge in [0.25, 0.3) is 0 Å². The summed E-state index contributed by atoms with van der Waals surface area (Å²) in [6.45, 7) is 15.5. The number of ether oxygens (including phenoxy) is 1. The van der Waals surface area contributed by atoms with Gasteiger partial charge in [-0.05, 0) is 56.9 Å². The molecule has 0 aromatic carbocycles. The molecule has 0 aromatic heterocycles. The van der Waals surface area contributed by atoms with Gasteiger partial charge in [-0.15, -0.1) is 0 Å². The molecule has 0 unspecified atom stereocenters. The predicted molar refractivity (Wildman–Crippen MR) is 103 cm³/mol. The molecule has 2 aliphatic carbocycles. The zero-order valence-corrected chi connectivity index (χ0v) is 16.5. The number of fused-ring (bicyclic) bond motifs is 1. The molecule has 0 amide bonds. The summed E-state index contributed by atoms with van der Waals surface area (Å²) in [6.07, 6.45) is 7.30. The Hall–Kier alpha value is -1.84. The van der Waals surface area contributed by atoms with Gasteiger partial charge in [-0.2, -0.15) is 0 Å². The van der Waals surface area contributed by atoms with Crippen molar-refractivity contribution < 1.29 is 19.4 Å². The van der Waals surface area contributed by atoms with Crippen LogP contribution in [0, 0.1) is 22.7 Å². The number of aliphatic carboxylic acids is 1. The molecule has 2 saturated carbocycles. The first-order valence-electron chi connectivity index (χ1n) is 9.45. The minimum atomic E-state index is -0.746. The van der Waals surface area contributed by atoms with E-state index >= 15 is 0 Å². The maximum absolute atomic E-state index is 12.1. The fraction of sp³-hybridized carbons (Fsp3) is 0.636. The van der Waals surface area contributed by atoms with Crippen LogP contribution in [0.3, 0.4) is 0 Å². The normalized spacial score (nSPS) is 36.0. The molecule has 5 atom stereocenters. The van der Waals surface area contributed by atoms with Crippen molar-refractivity contribution in [2.24, 2.45) is 22.7 Å². The molecule has 0 bridgehead atoms. The van der Waals surface area contributed by atoms with Crippen LogP contribution in [-0.4, -0.2) is 23.1 Å². The molecule has 0 aromatic rings. The molecule has 0 spiro atoms. The highest BCUT2D eigenvalue weighted by molar-refractivity contribution is 5.75. The molecule has 0 aliphatic heterocycles. The molecule has 144 valence electrons. The highest BCUT2D eigenvalue weighted by Gasteiger charge is 2.59. The lowest BCUT2D eigenvalue weighted by molar-refractivity contribution is -0.170. The molecular formula is C22H32O4. The van der Waals surface area contributed by atoms with Gasteiger partial charge < -0.3 is 9.84 Å². The summed E-state index contributed by atoms with van der Waals surface area (Å²) in [5.41, 5.74) is 0.979. The van der Waals surface area contributed by atoms with E-state index in [1.165, 1.54) is 6.92 Å². The monoisotopic (exact) mass is 360 g/mol. The van der Waals surface area contributed by atoms with Crippen molar-refractivity contribution in [2.75, 3.05) is 0 Å². The molecule has 4 nitrogen and oxygen atoms in total. The third-order valence-corrected chi connectivity index (χ3v) is 6.75. The standard InChI is InChI=1S/C22H32O4/c1-7-14(2)13-17(26-16(4)23)19-15(3)9-10-18-21(19,5)11-8-12-22(18,6)20(24)25/h7,13,17-19H,1,3,8-12H2,2,4-6H3,(H,24,25)/b14-13+/t17-,18-,19-,21+,22-/m1/s1. The van der Waals surface area contributed by atoms with Crippen molar-refractivity contribution in [1.82, 2.24) is 0 Å². The van der Waals surface area contributed by atoms with Gasteiger partial charge in [0.05, 0.1) is 5.41 Å². The predicted octanol–water partition coefficient (Wildman–Crippen LogP) is 4.91. The molecule has 0 radical (unpaired) electrons. The van der Waals surface area contributed by atoms with Crippen LogP contribution in [0.4, 0.5) is 0 Å². The van der Waals surface area contributed by atoms with Crippen LogP contribution in [0.5, 0.6) is 0 Å². The molecule has 2 aliphatic rings. The Labute approximate surface area is 157 Å². The topological polar surface area (TPSA) is 63.6 Å². The van der Waals surface area contributed by atoms with Gasteiger partial charge in [-0.25, -0.2) is 0 Å². The van der Waals surface area contributed by atoms with Crippen LogP contribution in [-0.2, 0) is 14.3 Å². The molecule has 2 fully saturated rings. The van der Waals surface area contributed by atoms with Crippen molar-refractivity contribution in [1.29, 1.82) is 0 Å². The number of carboxylic acids is 1. The van der Waals surface area contributed by atoms with Crippen molar-refractivity contribution >= 4 is 11.9 Å². The highest BCUT2D eigenvalue weighted by Crippen LogP contribution is 2.62. The Morgan fingerprint density at radius 1 is 1.31 bits per heavy atom. The molecule has 0 heterocycles. The fourth-order valence-electron chi connectivity index (χ4n) is 5.47. The number of carbonyl (C=O) groups excluding carboxylic acids is 1. The Balaban J connectivity index is 2.53. The smallest absolute Gasteiger partial charge is 0.309 e. The zero-order chi connectivity index (χ0) is 19.7. The highest BCUT2D eigenvalue weighted by atomic mass is 16.5. The average Bonchev–Trinajstić information content (AvgIpc) is 2.53. The number of allylic oxidation sites excluding steroid dienone is 2. The Bertz CT molecular complexity index is 647. The van der Waals surface area contributed by atoms with E-state index in [4.69, 9.17) is 4.74 Å². The van der Waals surface area contributed by atoms with Crippen molar-refractivity contribution in [2.45, 2.75) is 65.9 Å². The quantitative estimate of drug-likeness (QED) is 0.430. The Kier molecular flexibility index (Phi) is 5.84. The lowest BCUT2D eigenvalue weighted by Crippen LogP contribution is -2.56. The first kappa shape index (κ1) is 20.5. The van der Waals surface area contributed by atoms with Crippen LogP contribution in [0.25, 0.3) is 0 Å². The molecule has 1 N–H and O–H groups in total. The van der Waals surface area contributed by atoms with Crippen molar-refractivity contribution in [3.8, 4) is 0 Å². The SMILES string of the molecule is C=C/C(C)=C/[C@@H](OC(C)=O)[C@H]1C(=C)CC[C@@H]2[C@]1(C)CCC[C@@]2(C)C(=O)O. The summed E-state index contributed by atoms with van der Waals surface area (Å²) in [7, 11) is 0. The molecule has 2 rings (SSSR count). The Morgan fingerprint density at radius 3 is 2.50 bits per heavy atom. The van der Waals surface area contributed by atoms with E-state index < -0.39 is 17.5 Å². The molecule has 26 heavy (non-hydrogen) atoms. The second-order valence-electron chi connectivity index (χ2n) is 8.50. The summed E-state index contributed by atoms with van der Waals surface area (Å²) >= 11 is 0. The van der Waals surface area contributed by atoms with E-state index in [-0.39, 0.29) is 23.2 Å². The number of hydrogen-bond donors (Lipinski definition) is 1. The summed E-state index contributed by atoms with van der Waals surface area (Å²) in [5, 5.41) is 9.94. The minimum absolute atomic E-state index is 0.0345. The summed E-state index contributed by atoms with van der Waals surface area (Å²) in [4.78, 5) is 23.9. The Morgan fingerprint density at radius 2 is 1.96 bits per heavy atom. The largest absolute Gasteiger partial charge is 0.481 e. The number of hydrogen-bond acceptors (Lipinski definition) is 3. The summed E-state index contributed by atoms with van der Waals surface area (Å²) in [5.74, 6) is -1.11. The first-order chi connectivity index (χ1) is 12.1. The molecular weight excluding hydrogens is 328 g/mol. The van der Waals surface area contributed by atoms with Gasteiger partial charge >= 0.3 is 11.9 Å². The van der Waals surface area contributed by atoms with Gasteiger partial charge in [-0.3, -0.25) is 9.59 Å². The number of rotatable bonds is 5. The van der Waals surface area contributed by atoms with E-state index in [9.17, 15) is 14.7 Å². The van der Waals surface area contributed by atoms with E-state index in [0.717, 1.165) is 36.8 Å². The number of carbonyl (C=O) groups is 2. The van der Waals surface area contributed by atoms with Gasteiger partial charge in [0.15, 0.2) is 0 Å². The van der Waals surface area contributed by atoms with E-state index in [1.54, 1.807) is 6.08 Å². The van der Waals surface area contributed by atoms with Gasteiger partial charge in [0, 0.05) is 12.8 Å². The van der Waals surface area contributed by atoms with Crippen molar-refractivity contribution in [3.63, 3.8) is 0 Å². The van der Waals surface area contributed by atoms with E-state index in [2.05, 4.69) is 20.1 Å². The second-order valence-corrected chi connectivity index (χ2v) is 8.50. The molecule has 0 saturated heterocycles. The summed E-state index contributed by atoms with van der Waals surface area (Å²) in [6, 6.07) is 0. The first-order valence-corrected chi connectivity index (χ1v) is 9.45. The minimum Gasteiger partial charge on any atom is -0.481 e. The maximum Gasteiger partial charge on any atom is 0.309 e. The summed E-state index contributed by atoms with van der Waals surface area (Å²) < 4.78 is 5.70.